The number of hydrogen-bond donors (Lipinski definition) is 2. The Morgan fingerprint density at radius 2 is 1.97 bits per heavy atom. The highest BCUT2D eigenvalue weighted by Gasteiger charge is 2.24. The molecule has 2 aromatic carbocycles. The first-order chi connectivity index (χ1) is 14.6. The number of methoxy groups -OCH3 is 1. The third-order valence-corrected chi connectivity index (χ3v) is 5.66. The zero-order valence-corrected chi connectivity index (χ0v) is 18.0. The molecule has 6 nitrogen and oxygen atoms in total. The van der Waals surface area contributed by atoms with Gasteiger partial charge in [-0.2, -0.15) is 0 Å². The number of aromatic nitrogens is 2. The van der Waals surface area contributed by atoms with Crippen LogP contribution in [-0.4, -0.2) is 52.9 Å². The standard InChI is InChI=1S/C24H31N3O3/c1-16(2)15-30-23-12-18(7-9-22(23)29-3)17-6-8-20-21(11-17)26-24(25-20)13-27-10-4-5-19(27)14-28/h6-9,11-12,16,19,28H,4-5,10,13-15H2,1-3H3,(H,25,26)/t19-/m1/s1. The van der Waals surface area contributed by atoms with Gasteiger partial charge in [0.15, 0.2) is 11.5 Å². The maximum Gasteiger partial charge on any atom is 0.161 e. The second-order valence-corrected chi connectivity index (χ2v) is 8.44. The van der Waals surface area contributed by atoms with Crippen molar-refractivity contribution in [3.63, 3.8) is 0 Å². The molecule has 6 heteroatoms. The van der Waals surface area contributed by atoms with E-state index in [1.165, 1.54) is 0 Å². The third kappa shape index (κ3) is 4.45. The molecule has 2 heterocycles. The van der Waals surface area contributed by atoms with Gasteiger partial charge in [-0.1, -0.05) is 26.0 Å². The minimum Gasteiger partial charge on any atom is -0.493 e. The van der Waals surface area contributed by atoms with Gasteiger partial charge in [-0.05, 0) is 60.7 Å². The molecule has 4 rings (SSSR count). The van der Waals surface area contributed by atoms with Crippen molar-refractivity contribution in [2.75, 3.05) is 26.9 Å². The number of ether oxygens (including phenoxy) is 2. The molecule has 3 aromatic rings. The van der Waals surface area contributed by atoms with Gasteiger partial charge in [0.05, 0.1) is 37.9 Å². The van der Waals surface area contributed by atoms with Gasteiger partial charge >= 0.3 is 0 Å². The zero-order valence-electron chi connectivity index (χ0n) is 18.0. The lowest BCUT2D eigenvalue weighted by Gasteiger charge is -2.21. The summed E-state index contributed by atoms with van der Waals surface area (Å²) in [5.41, 5.74) is 4.13. The van der Waals surface area contributed by atoms with E-state index in [2.05, 4.69) is 41.9 Å². The molecular formula is C24H31N3O3. The lowest BCUT2D eigenvalue weighted by molar-refractivity contribution is 0.151. The van der Waals surface area contributed by atoms with Crippen molar-refractivity contribution in [1.29, 1.82) is 0 Å². The van der Waals surface area contributed by atoms with E-state index in [9.17, 15) is 5.11 Å². The maximum atomic E-state index is 9.55. The smallest absolute Gasteiger partial charge is 0.161 e. The Morgan fingerprint density at radius 3 is 2.73 bits per heavy atom. The number of likely N-dealkylation sites (tertiary alicyclic amines) is 1. The summed E-state index contributed by atoms with van der Waals surface area (Å²) >= 11 is 0. The van der Waals surface area contributed by atoms with E-state index >= 15 is 0 Å². The molecule has 0 saturated carbocycles. The summed E-state index contributed by atoms with van der Waals surface area (Å²) in [4.78, 5) is 10.5. The number of nitrogens with zero attached hydrogens (tertiary/aromatic N) is 2. The number of imidazole rings is 1. The Balaban J connectivity index is 1.58. The van der Waals surface area contributed by atoms with Crippen molar-refractivity contribution < 1.29 is 14.6 Å². The third-order valence-electron chi connectivity index (χ3n) is 5.66. The largest absolute Gasteiger partial charge is 0.493 e. The number of fused-ring (bicyclic) bond motifs is 1. The number of aliphatic hydroxyl groups is 1. The first-order valence-corrected chi connectivity index (χ1v) is 10.7. The average Bonchev–Trinajstić information content (AvgIpc) is 3.37. The van der Waals surface area contributed by atoms with E-state index in [0.717, 1.165) is 65.4 Å². The van der Waals surface area contributed by atoms with Gasteiger partial charge in [0.2, 0.25) is 0 Å². The fraction of sp³-hybridized carbons (Fsp3) is 0.458. The number of aromatic amines is 1. The average molecular weight is 410 g/mol. The predicted molar refractivity (Wildman–Crippen MR) is 119 cm³/mol. The van der Waals surface area contributed by atoms with Gasteiger partial charge in [0.25, 0.3) is 0 Å². The summed E-state index contributed by atoms with van der Waals surface area (Å²) < 4.78 is 11.4. The highest BCUT2D eigenvalue weighted by molar-refractivity contribution is 5.82. The van der Waals surface area contributed by atoms with Crippen LogP contribution in [0, 0.1) is 5.92 Å². The van der Waals surface area contributed by atoms with Crippen LogP contribution in [0.5, 0.6) is 11.5 Å². The van der Waals surface area contributed by atoms with Gasteiger partial charge < -0.3 is 19.6 Å². The van der Waals surface area contributed by atoms with E-state index in [0.29, 0.717) is 12.5 Å². The second kappa shape index (κ2) is 9.06. The fourth-order valence-corrected chi connectivity index (χ4v) is 4.04. The van der Waals surface area contributed by atoms with E-state index in [-0.39, 0.29) is 12.6 Å². The van der Waals surface area contributed by atoms with Crippen LogP contribution in [-0.2, 0) is 6.54 Å². The van der Waals surface area contributed by atoms with Crippen molar-refractivity contribution in [3.8, 4) is 22.6 Å². The van der Waals surface area contributed by atoms with E-state index < -0.39 is 0 Å². The van der Waals surface area contributed by atoms with Gasteiger partial charge in [0.1, 0.15) is 5.82 Å². The minimum absolute atomic E-state index is 0.211. The summed E-state index contributed by atoms with van der Waals surface area (Å²) in [6.07, 6.45) is 2.19. The molecule has 160 valence electrons. The van der Waals surface area contributed by atoms with Gasteiger partial charge in [-0.15, -0.1) is 0 Å². The first kappa shape index (κ1) is 20.7. The summed E-state index contributed by atoms with van der Waals surface area (Å²) in [7, 11) is 1.66. The molecule has 0 spiro atoms. The second-order valence-electron chi connectivity index (χ2n) is 8.44. The number of hydrogen-bond acceptors (Lipinski definition) is 5. The lowest BCUT2D eigenvalue weighted by atomic mass is 10.0. The van der Waals surface area contributed by atoms with Crippen molar-refractivity contribution in [3.05, 3.63) is 42.2 Å². The zero-order chi connectivity index (χ0) is 21.1. The van der Waals surface area contributed by atoms with Crippen molar-refractivity contribution in [2.45, 2.75) is 39.3 Å². The van der Waals surface area contributed by atoms with Crippen LogP contribution in [0.1, 0.15) is 32.5 Å². The molecule has 1 aliphatic rings. The number of nitrogens with one attached hydrogen (secondary N) is 1. The highest BCUT2D eigenvalue weighted by Crippen LogP contribution is 2.34. The molecule has 0 amide bonds. The van der Waals surface area contributed by atoms with E-state index in [1.54, 1.807) is 7.11 Å². The SMILES string of the molecule is COc1ccc(-c2ccc3[nH]c(CN4CCC[C@@H]4CO)nc3c2)cc1OCC(C)C. The molecule has 30 heavy (non-hydrogen) atoms. The summed E-state index contributed by atoms with van der Waals surface area (Å²) in [6.45, 7) is 6.87. The van der Waals surface area contributed by atoms with Crippen molar-refractivity contribution >= 4 is 11.0 Å². The Bertz CT molecular complexity index is 999. The van der Waals surface area contributed by atoms with Crippen LogP contribution in [0.4, 0.5) is 0 Å². The first-order valence-electron chi connectivity index (χ1n) is 10.7. The van der Waals surface area contributed by atoms with E-state index in [1.807, 2.05) is 18.2 Å². The van der Waals surface area contributed by atoms with E-state index in [4.69, 9.17) is 14.5 Å². The van der Waals surface area contributed by atoms with Crippen LogP contribution < -0.4 is 9.47 Å². The van der Waals surface area contributed by atoms with Crippen LogP contribution >= 0.6 is 0 Å². The number of aliphatic hydroxyl groups excluding tert-OH is 1. The van der Waals surface area contributed by atoms with Crippen LogP contribution in [0.2, 0.25) is 0 Å². The molecule has 2 N–H and O–H groups in total. The molecule has 1 aromatic heterocycles. The molecule has 0 radical (unpaired) electrons. The molecule has 1 aliphatic heterocycles. The Kier molecular flexibility index (Phi) is 6.25. The molecule has 1 fully saturated rings. The monoisotopic (exact) mass is 409 g/mol. The molecule has 1 atom stereocenters. The van der Waals surface area contributed by atoms with Gasteiger partial charge in [0, 0.05) is 6.04 Å². The summed E-state index contributed by atoms with van der Waals surface area (Å²) in [6, 6.07) is 12.6. The Labute approximate surface area is 177 Å². The van der Waals surface area contributed by atoms with Crippen LogP contribution in [0.25, 0.3) is 22.2 Å². The minimum atomic E-state index is 0.211. The van der Waals surface area contributed by atoms with Crippen LogP contribution in [0.15, 0.2) is 36.4 Å². The quantitative estimate of drug-likeness (QED) is 0.583. The normalized spacial score (nSPS) is 17.2. The summed E-state index contributed by atoms with van der Waals surface area (Å²) in [5.74, 6) is 2.89. The Hall–Kier alpha value is -2.57. The maximum absolute atomic E-state index is 9.55. The molecule has 0 unspecified atom stereocenters. The summed E-state index contributed by atoms with van der Waals surface area (Å²) in [5, 5.41) is 9.55. The fourth-order valence-electron chi connectivity index (χ4n) is 4.04. The lowest BCUT2D eigenvalue weighted by Crippen LogP contribution is -2.31. The van der Waals surface area contributed by atoms with Gasteiger partial charge in [-0.25, -0.2) is 4.98 Å². The highest BCUT2D eigenvalue weighted by atomic mass is 16.5. The molecule has 1 saturated heterocycles. The number of rotatable bonds is 8. The molecule has 0 bridgehead atoms. The van der Waals surface area contributed by atoms with Gasteiger partial charge in [-0.3, -0.25) is 4.90 Å². The van der Waals surface area contributed by atoms with Crippen molar-refractivity contribution in [1.82, 2.24) is 14.9 Å². The van der Waals surface area contributed by atoms with Crippen molar-refractivity contribution in [2.24, 2.45) is 5.92 Å². The number of H-pyrrole nitrogens is 1. The van der Waals surface area contributed by atoms with Crippen LogP contribution in [0.3, 0.4) is 0 Å². The topological polar surface area (TPSA) is 70.6 Å². The number of benzene rings is 2. The molecular weight excluding hydrogens is 378 g/mol. The predicted octanol–water partition coefficient (Wildman–Crippen LogP) is 4.23. The Morgan fingerprint density at radius 1 is 1.17 bits per heavy atom. The molecule has 0 aliphatic carbocycles.